The number of allylic oxidation sites excluding steroid dienone is 1. The van der Waals surface area contributed by atoms with Gasteiger partial charge in [0.1, 0.15) is 5.82 Å². The summed E-state index contributed by atoms with van der Waals surface area (Å²) < 4.78 is 11.9. The van der Waals surface area contributed by atoms with E-state index in [9.17, 15) is 9.18 Å². The highest BCUT2D eigenvalue weighted by Crippen LogP contribution is 1.91. The molecule has 0 atom stereocenters. The molecule has 1 aromatic carbocycles. The summed E-state index contributed by atoms with van der Waals surface area (Å²) in [5.74, 6) is -2.24. The molecule has 1 rings (SSSR count). The lowest BCUT2D eigenvalue weighted by atomic mass is 10.4. The summed E-state index contributed by atoms with van der Waals surface area (Å²) in [6.07, 6.45) is 2.56. The summed E-state index contributed by atoms with van der Waals surface area (Å²) in [5.41, 5.74) is 8.94. The molecular weight excluding hydrogens is 281 g/mol. The van der Waals surface area contributed by atoms with Crippen molar-refractivity contribution in [1.29, 1.82) is 5.41 Å². The van der Waals surface area contributed by atoms with Crippen LogP contribution in [0.3, 0.4) is 0 Å². The average molecular weight is 301 g/mol. The van der Waals surface area contributed by atoms with E-state index < -0.39 is 11.9 Å². The van der Waals surface area contributed by atoms with Crippen LogP contribution >= 0.6 is 0 Å². The van der Waals surface area contributed by atoms with Crippen molar-refractivity contribution in [3.8, 4) is 0 Å². The van der Waals surface area contributed by atoms with Crippen LogP contribution in [0.25, 0.3) is 0 Å². The second-order valence-corrected chi connectivity index (χ2v) is 3.11. The van der Waals surface area contributed by atoms with Crippen LogP contribution in [0.4, 0.5) is 4.39 Å². The summed E-state index contributed by atoms with van der Waals surface area (Å²) in [7, 11) is 0. The number of rotatable bonds is 1. The number of hydrogen-bond donors (Lipinski definition) is 5. The lowest BCUT2D eigenvalue weighted by Crippen LogP contribution is -2.20. The molecular formula is C13H20FN3O4. The minimum atomic E-state index is -0.891. The normalized spacial score (nSPS) is 7.95. The van der Waals surface area contributed by atoms with E-state index in [2.05, 4.69) is 11.5 Å². The lowest BCUT2D eigenvalue weighted by molar-refractivity contribution is -0.134. The first-order valence-corrected chi connectivity index (χ1v) is 5.48. The minimum absolute atomic E-state index is 0.178. The van der Waals surface area contributed by atoms with Crippen molar-refractivity contribution in [3.05, 3.63) is 48.3 Å². The van der Waals surface area contributed by atoms with Gasteiger partial charge in [0.2, 0.25) is 0 Å². The van der Waals surface area contributed by atoms with Gasteiger partial charge >= 0.3 is 5.97 Å². The van der Waals surface area contributed by atoms with Gasteiger partial charge < -0.3 is 21.7 Å². The van der Waals surface area contributed by atoms with Crippen LogP contribution in [0, 0.1) is 11.2 Å². The Bertz CT molecular complexity index is 416. The maximum absolute atomic E-state index is 11.9. The van der Waals surface area contributed by atoms with Gasteiger partial charge in [-0.15, -0.1) is 0 Å². The van der Waals surface area contributed by atoms with Gasteiger partial charge in [0, 0.05) is 13.0 Å². The standard InChI is InChI=1S/C6H5F.C4H6O2.C2H4O2.CH5N3/c7-6-4-2-1-3-5-6;1-2-3-4(5)6;1-2(3)4;2-1(3)4/h1-5H;2-3H,1H3,(H,5,6);1H3,(H,3,4);(H5,2,3,4). The third-order valence-electron chi connectivity index (χ3n) is 1.04. The molecule has 118 valence electrons. The van der Waals surface area contributed by atoms with Crippen molar-refractivity contribution in [2.24, 2.45) is 11.5 Å². The number of halogens is 1. The molecule has 0 amide bonds. The maximum atomic E-state index is 11.9. The number of aliphatic carboxylic acids is 2. The molecule has 0 radical (unpaired) electrons. The first-order valence-electron chi connectivity index (χ1n) is 5.48. The monoisotopic (exact) mass is 301 g/mol. The van der Waals surface area contributed by atoms with Crippen LogP contribution in [0.5, 0.6) is 0 Å². The molecule has 0 heterocycles. The summed E-state index contributed by atoms with van der Waals surface area (Å²) in [5, 5.41) is 21.3. The number of nitrogens with two attached hydrogens (primary N) is 2. The first kappa shape index (κ1) is 23.2. The highest BCUT2D eigenvalue weighted by atomic mass is 19.1. The van der Waals surface area contributed by atoms with Gasteiger partial charge in [-0.3, -0.25) is 10.2 Å². The Morgan fingerprint density at radius 3 is 1.62 bits per heavy atom. The fourth-order valence-corrected chi connectivity index (χ4v) is 0.557. The highest BCUT2D eigenvalue weighted by Gasteiger charge is 1.77. The number of guanidine groups is 1. The Hall–Kier alpha value is -2.90. The smallest absolute Gasteiger partial charge is 0.327 e. The van der Waals surface area contributed by atoms with Gasteiger partial charge in [-0.1, -0.05) is 24.3 Å². The van der Waals surface area contributed by atoms with Gasteiger partial charge in [-0.05, 0) is 19.1 Å². The fourth-order valence-electron chi connectivity index (χ4n) is 0.557. The zero-order chi connectivity index (χ0) is 17.3. The van der Waals surface area contributed by atoms with E-state index in [0.29, 0.717) is 0 Å². The van der Waals surface area contributed by atoms with Gasteiger partial charge in [0.05, 0.1) is 0 Å². The zero-order valence-electron chi connectivity index (χ0n) is 11.8. The van der Waals surface area contributed by atoms with E-state index in [1.165, 1.54) is 18.2 Å². The van der Waals surface area contributed by atoms with E-state index in [1.54, 1.807) is 25.1 Å². The molecule has 0 aliphatic rings. The number of benzene rings is 1. The molecule has 0 aliphatic heterocycles. The van der Waals surface area contributed by atoms with E-state index in [1.807, 2.05) is 0 Å². The van der Waals surface area contributed by atoms with Gasteiger partial charge in [-0.25, -0.2) is 9.18 Å². The predicted octanol–water partition coefficient (Wildman–Crippen LogP) is 1.40. The molecule has 0 bridgehead atoms. The molecule has 0 spiro atoms. The van der Waals surface area contributed by atoms with Crippen molar-refractivity contribution < 1.29 is 24.2 Å². The van der Waals surface area contributed by atoms with E-state index in [0.717, 1.165) is 13.0 Å². The number of carboxylic acid groups (broad SMARTS) is 2. The number of hydrogen-bond acceptors (Lipinski definition) is 3. The molecule has 0 saturated carbocycles. The van der Waals surface area contributed by atoms with Crippen molar-refractivity contribution in [2.45, 2.75) is 13.8 Å². The molecule has 0 unspecified atom stereocenters. The summed E-state index contributed by atoms with van der Waals surface area (Å²) in [4.78, 5) is 18.5. The average Bonchev–Trinajstić information content (AvgIpc) is 2.28. The molecule has 1 aromatic rings. The molecule has 0 fully saturated rings. The van der Waals surface area contributed by atoms with Crippen LogP contribution in [0.1, 0.15) is 13.8 Å². The Kier molecular flexibility index (Phi) is 18.9. The maximum Gasteiger partial charge on any atom is 0.327 e. The van der Waals surface area contributed by atoms with Crippen LogP contribution in [-0.4, -0.2) is 28.1 Å². The molecule has 7 N–H and O–H groups in total. The molecule has 0 aliphatic carbocycles. The lowest BCUT2D eigenvalue weighted by Gasteiger charge is -1.78. The number of carbonyl (C=O) groups is 2. The quantitative estimate of drug-likeness (QED) is 0.300. The zero-order valence-corrected chi connectivity index (χ0v) is 11.8. The molecule has 8 heteroatoms. The van der Waals surface area contributed by atoms with Crippen molar-refractivity contribution in [1.82, 2.24) is 0 Å². The van der Waals surface area contributed by atoms with Crippen LogP contribution in [0.2, 0.25) is 0 Å². The SMILES string of the molecule is CC(=O)O.CC=CC(=O)O.Fc1ccccc1.N=C(N)N. The van der Waals surface area contributed by atoms with Crippen molar-refractivity contribution >= 4 is 17.9 Å². The predicted molar refractivity (Wildman–Crippen MR) is 78.3 cm³/mol. The fraction of sp³-hybridized carbons (Fsp3) is 0.154. The van der Waals surface area contributed by atoms with Crippen LogP contribution < -0.4 is 11.5 Å². The Labute approximate surface area is 122 Å². The first-order chi connectivity index (χ1) is 9.63. The highest BCUT2D eigenvalue weighted by molar-refractivity contribution is 5.79. The molecule has 7 nitrogen and oxygen atoms in total. The Balaban J connectivity index is -0.000000214. The largest absolute Gasteiger partial charge is 0.481 e. The summed E-state index contributed by atoms with van der Waals surface area (Å²) >= 11 is 0. The number of nitrogens with one attached hydrogen (secondary N) is 1. The summed E-state index contributed by atoms with van der Waals surface area (Å²) in [6.45, 7) is 2.74. The number of carboxylic acids is 2. The van der Waals surface area contributed by atoms with Crippen LogP contribution in [0.15, 0.2) is 42.5 Å². The van der Waals surface area contributed by atoms with E-state index in [4.69, 9.17) is 20.4 Å². The van der Waals surface area contributed by atoms with Crippen LogP contribution in [-0.2, 0) is 9.59 Å². The Morgan fingerprint density at radius 1 is 1.19 bits per heavy atom. The minimum Gasteiger partial charge on any atom is -0.481 e. The van der Waals surface area contributed by atoms with Crippen molar-refractivity contribution in [3.63, 3.8) is 0 Å². The van der Waals surface area contributed by atoms with E-state index >= 15 is 0 Å². The second-order valence-electron chi connectivity index (χ2n) is 3.11. The third kappa shape index (κ3) is 59.4. The summed E-state index contributed by atoms with van der Waals surface area (Å²) in [6, 6.07) is 7.94. The van der Waals surface area contributed by atoms with E-state index in [-0.39, 0.29) is 11.8 Å². The molecule has 0 aromatic heterocycles. The van der Waals surface area contributed by atoms with Gasteiger partial charge in [-0.2, -0.15) is 0 Å². The topological polar surface area (TPSA) is 150 Å². The Morgan fingerprint density at radius 2 is 1.52 bits per heavy atom. The van der Waals surface area contributed by atoms with Crippen molar-refractivity contribution in [2.75, 3.05) is 0 Å². The second kappa shape index (κ2) is 17.1. The molecule has 21 heavy (non-hydrogen) atoms. The van der Waals surface area contributed by atoms with Gasteiger partial charge in [0.25, 0.3) is 5.97 Å². The molecule has 0 saturated heterocycles. The van der Waals surface area contributed by atoms with Gasteiger partial charge in [0.15, 0.2) is 5.96 Å². The third-order valence-corrected chi connectivity index (χ3v) is 1.04.